The smallest absolute Gasteiger partial charge is 0.410 e. The Hall–Kier alpha value is -3.08. The van der Waals surface area contributed by atoms with Gasteiger partial charge in [-0.25, -0.2) is 18.8 Å². The van der Waals surface area contributed by atoms with Crippen LogP contribution >= 0.6 is 0 Å². The molecule has 3 aliphatic heterocycles. The van der Waals surface area contributed by atoms with Crippen LogP contribution in [0.4, 0.5) is 14.9 Å². The van der Waals surface area contributed by atoms with E-state index in [1.54, 1.807) is 20.8 Å². The average Bonchev–Trinajstić information content (AvgIpc) is 3.21. The Bertz CT molecular complexity index is 1040. The Balaban J connectivity index is 1.52. The zero-order valence-corrected chi connectivity index (χ0v) is 19.3. The highest BCUT2D eigenvalue weighted by molar-refractivity contribution is 5.69. The van der Waals surface area contributed by atoms with Gasteiger partial charge in [-0.2, -0.15) is 0 Å². The van der Waals surface area contributed by atoms with Gasteiger partial charge in [0.15, 0.2) is 0 Å². The van der Waals surface area contributed by atoms with Crippen molar-refractivity contribution >= 4 is 23.7 Å². The minimum Gasteiger partial charge on any atom is -0.444 e. The number of ether oxygens (including phenoxy) is 1. The first-order valence-electron chi connectivity index (χ1n) is 11.5. The predicted molar refractivity (Wildman–Crippen MR) is 122 cm³/mol. The number of halogens is 1. The zero-order chi connectivity index (χ0) is 23.8. The fraction of sp³-hybridized carbons (Fsp3) is 0.560. The van der Waals surface area contributed by atoms with Crippen LogP contribution in [0.15, 0.2) is 29.6 Å². The molecular weight excluding hydrogens is 425 g/mol. The number of nitrogens with zero attached hydrogens (tertiary/aromatic N) is 2. The van der Waals surface area contributed by atoms with Crippen molar-refractivity contribution in [2.24, 2.45) is 0 Å². The first-order chi connectivity index (χ1) is 15.7. The summed E-state index contributed by atoms with van der Waals surface area (Å²) in [5.74, 6) is 3.62. The SMILES string of the molecule is CC(C)(C)OC(=O)N1CC[C@@H](N2CCc3c([C@H]4CCC(=C=O)NC4=C=O)cccc32)[C@H](F)C1. The van der Waals surface area contributed by atoms with Crippen LogP contribution in [0, 0.1) is 0 Å². The Morgan fingerprint density at radius 2 is 1.94 bits per heavy atom. The number of piperidine rings is 2. The molecule has 2 fully saturated rings. The molecule has 0 aromatic heterocycles. The van der Waals surface area contributed by atoms with Crippen molar-refractivity contribution in [3.05, 3.63) is 40.7 Å². The van der Waals surface area contributed by atoms with Crippen LogP contribution in [0.2, 0.25) is 0 Å². The molecular formula is C25H30FN3O4. The second kappa shape index (κ2) is 9.05. The normalized spacial score (nSPS) is 25.2. The summed E-state index contributed by atoms with van der Waals surface area (Å²) in [5.41, 5.74) is 3.21. The number of fused-ring (bicyclic) bond motifs is 1. The van der Waals surface area contributed by atoms with Crippen molar-refractivity contribution in [2.45, 2.75) is 70.2 Å². The monoisotopic (exact) mass is 455 g/mol. The molecule has 7 nitrogen and oxygen atoms in total. The van der Waals surface area contributed by atoms with Gasteiger partial charge in [-0.15, -0.1) is 0 Å². The molecule has 4 rings (SSSR count). The molecule has 1 aromatic rings. The number of allylic oxidation sites excluding steroid dienone is 2. The first kappa shape index (κ1) is 23.1. The fourth-order valence-corrected chi connectivity index (χ4v) is 5.12. The minimum absolute atomic E-state index is 0.0104. The van der Waals surface area contributed by atoms with Crippen LogP contribution < -0.4 is 10.2 Å². The van der Waals surface area contributed by atoms with E-state index in [1.165, 1.54) is 4.90 Å². The highest BCUT2D eigenvalue weighted by atomic mass is 19.1. The van der Waals surface area contributed by atoms with Gasteiger partial charge in [0.2, 0.25) is 0 Å². The quantitative estimate of drug-likeness (QED) is 0.690. The molecule has 3 aliphatic rings. The van der Waals surface area contributed by atoms with Crippen molar-refractivity contribution < 1.29 is 23.5 Å². The van der Waals surface area contributed by atoms with Crippen LogP contribution in [0.1, 0.15) is 57.1 Å². The highest BCUT2D eigenvalue weighted by Gasteiger charge is 2.40. The number of nitrogens with one attached hydrogen (secondary N) is 1. The summed E-state index contributed by atoms with van der Waals surface area (Å²) >= 11 is 0. The summed E-state index contributed by atoms with van der Waals surface area (Å²) in [6.07, 6.45) is 0.740. The molecule has 1 amide bonds. The van der Waals surface area contributed by atoms with Gasteiger partial charge in [-0.3, -0.25) is 0 Å². The maximum Gasteiger partial charge on any atom is 0.410 e. The number of benzene rings is 1. The van der Waals surface area contributed by atoms with Gasteiger partial charge in [0.25, 0.3) is 0 Å². The lowest BCUT2D eigenvalue weighted by Crippen LogP contribution is -2.54. The molecule has 0 unspecified atom stereocenters. The zero-order valence-electron chi connectivity index (χ0n) is 19.3. The van der Waals surface area contributed by atoms with Gasteiger partial charge >= 0.3 is 6.09 Å². The van der Waals surface area contributed by atoms with E-state index in [9.17, 15) is 14.4 Å². The third-order valence-corrected chi connectivity index (χ3v) is 6.58. The van der Waals surface area contributed by atoms with Crippen molar-refractivity contribution in [3.8, 4) is 0 Å². The molecule has 0 aliphatic carbocycles. The molecule has 1 aromatic carbocycles. The number of hydrogen-bond donors (Lipinski definition) is 1. The van der Waals surface area contributed by atoms with E-state index in [2.05, 4.69) is 10.2 Å². The first-order valence-corrected chi connectivity index (χ1v) is 11.5. The molecule has 0 spiro atoms. The van der Waals surface area contributed by atoms with E-state index in [0.717, 1.165) is 23.2 Å². The van der Waals surface area contributed by atoms with Gasteiger partial charge in [-0.1, -0.05) is 12.1 Å². The maximum atomic E-state index is 15.3. The van der Waals surface area contributed by atoms with Crippen molar-refractivity contribution in [1.29, 1.82) is 0 Å². The summed E-state index contributed by atoms with van der Waals surface area (Å²) in [6.45, 7) is 6.53. The largest absolute Gasteiger partial charge is 0.444 e. The summed E-state index contributed by atoms with van der Waals surface area (Å²) in [6, 6.07) is 5.61. The van der Waals surface area contributed by atoms with E-state index in [1.807, 2.05) is 30.1 Å². The molecule has 0 radical (unpaired) electrons. The number of amides is 1. The molecule has 0 saturated carbocycles. The van der Waals surface area contributed by atoms with Gasteiger partial charge in [-0.05, 0) is 63.6 Å². The van der Waals surface area contributed by atoms with E-state index < -0.39 is 17.9 Å². The fourth-order valence-electron chi connectivity index (χ4n) is 5.12. The molecule has 3 heterocycles. The number of carbonyl (C=O) groups excluding carboxylic acids is 3. The van der Waals surface area contributed by atoms with Crippen LogP contribution in [0.5, 0.6) is 0 Å². The third kappa shape index (κ3) is 4.68. The second-order valence-electron chi connectivity index (χ2n) is 9.90. The molecule has 2 saturated heterocycles. The number of anilines is 1. The molecule has 176 valence electrons. The Kier molecular flexibility index (Phi) is 6.33. The second-order valence-corrected chi connectivity index (χ2v) is 9.90. The maximum absolute atomic E-state index is 15.3. The molecule has 8 heteroatoms. The van der Waals surface area contributed by atoms with Crippen molar-refractivity contribution in [2.75, 3.05) is 24.5 Å². The predicted octanol–water partition coefficient (Wildman–Crippen LogP) is 3.29. The van der Waals surface area contributed by atoms with Crippen LogP contribution in [-0.2, 0) is 20.7 Å². The number of rotatable bonds is 2. The highest BCUT2D eigenvalue weighted by Crippen LogP contribution is 2.41. The number of alkyl halides is 1. The molecule has 1 N–H and O–H groups in total. The standard InChI is InChI=1S/C25H30FN3O4/c1-25(2,3)33-24(32)28-11-10-23(20(26)13-28)29-12-9-19-17(5-4-6-22(19)29)18-8-7-16(14-30)27-21(18)15-31/h4-6,18,20,23,27H,7-13H2,1-3H3/t18-,20-,23-/m1/s1. The van der Waals surface area contributed by atoms with E-state index in [-0.39, 0.29) is 18.5 Å². The van der Waals surface area contributed by atoms with Gasteiger partial charge < -0.3 is 19.9 Å². The van der Waals surface area contributed by atoms with E-state index >= 15 is 4.39 Å². The lowest BCUT2D eigenvalue weighted by molar-refractivity contribution is 0.0112. The lowest BCUT2D eigenvalue weighted by Gasteiger charge is -2.40. The minimum atomic E-state index is -1.19. The topological polar surface area (TPSA) is 79.0 Å². The van der Waals surface area contributed by atoms with Crippen LogP contribution in [0.25, 0.3) is 0 Å². The molecule has 0 bridgehead atoms. The van der Waals surface area contributed by atoms with Crippen LogP contribution in [0.3, 0.4) is 0 Å². The average molecular weight is 456 g/mol. The lowest BCUT2D eigenvalue weighted by atomic mass is 9.84. The molecule has 3 atom stereocenters. The van der Waals surface area contributed by atoms with Crippen molar-refractivity contribution in [1.82, 2.24) is 10.2 Å². The summed E-state index contributed by atoms with van der Waals surface area (Å²) in [4.78, 5) is 38.5. The number of carbonyl (C=O) groups is 1. The van der Waals surface area contributed by atoms with E-state index in [0.29, 0.717) is 43.7 Å². The molecule has 33 heavy (non-hydrogen) atoms. The number of likely N-dealkylation sites (tertiary alicyclic amines) is 1. The van der Waals surface area contributed by atoms with E-state index in [4.69, 9.17) is 4.74 Å². The number of hydrogen-bond acceptors (Lipinski definition) is 6. The van der Waals surface area contributed by atoms with Gasteiger partial charge in [0.1, 0.15) is 35.0 Å². The van der Waals surface area contributed by atoms with Crippen LogP contribution in [-0.4, -0.2) is 60.3 Å². The Morgan fingerprint density at radius 3 is 2.61 bits per heavy atom. The summed E-state index contributed by atoms with van der Waals surface area (Å²) < 4.78 is 20.7. The summed E-state index contributed by atoms with van der Waals surface area (Å²) in [7, 11) is 0. The van der Waals surface area contributed by atoms with Gasteiger partial charge in [0, 0.05) is 24.7 Å². The van der Waals surface area contributed by atoms with Gasteiger partial charge in [0.05, 0.1) is 12.6 Å². The Labute approximate surface area is 193 Å². The Morgan fingerprint density at radius 1 is 1.15 bits per heavy atom. The van der Waals surface area contributed by atoms with Crippen molar-refractivity contribution in [3.63, 3.8) is 0 Å². The summed E-state index contributed by atoms with van der Waals surface area (Å²) in [5, 5.41) is 2.87. The third-order valence-electron chi connectivity index (χ3n) is 6.58.